The van der Waals surface area contributed by atoms with Gasteiger partial charge in [0.15, 0.2) is 0 Å². The van der Waals surface area contributed by atoms with Gasteiger partial charge in [-0.25, -0.2) is 4.68 Å². The molecular formula is C17H19N3O3. The summed E-state index contributed by atoms with van der Waals surface area (Å²) in [6, 6.07) is 9.76. The highest BCUT2D eigenvalue weighted by Gasteiger charge is 2.50. The van der Waals surface area contributed by atoms with Crippen molar-refractivity contribution in [3.05, 3.63) is 48.3 Å². The maximum atomic E-state index is 11.9. The van der Waals surface area contributed by atoms with Crippen LogP contribution in [-0.4, -0.2) is 33.3 Å². The second-order valence-electron chi connectivity index (χ2n) is 5.99. The molecule has 6 nitrogen and oxygen atoms in total. The van der Waals surface area contributed by atoms with E-state index in [4.69, 9.17) is 5.11 Å². The Morgan fingerprint density at radius 1 is 1.26 bits per heavy atom. The van der Waals surface area contributed by atoms with Crippen molar-refractivity contribution in [1.29, 1.82) is 0 Å². The normalized spacial score (nSPS) is 15.1. The largest absolute Gasteiger partial charge is 0.481 e. The van der Waals surface area contributed by atoms with Crippen LogP contribution in [0.15, 0.2) is 42.7 Å². The minimum absolute atomic E-state index is 0.120. The van der Waals surface area contributed by atoms with E-state index in [1.54, 1.807) is 10.9 Å². The number of hydrogen-bond acceptors (Lipinski definition) is 3. The van der Waals surface area contributed by atoms with Crippen molar-refractivity contribution in [1.82, 2.24) is 15.1 Å². The molecule has 120 valence electrons. The van der Waals surface area contributed by atoms with E-state index in [1.807, 2.05) is 36.5 Å². The molecule has 2 aromatic rings. The molecule has 0 saturated heterocycles. The lowest BCUT2D eigenvalue weighted by atomic mass is 10.1. The number of nitrogens with zero attached hydrogens (tertiary/aromatic N) is 2. The number of carboxylic acids is 1. The standard InChI is InChI=1S/C17H19N3O3/c21-15(18-12-17(8-9-17)16(22)23)7-6-13-10-19-20(11-13)14-4-2-1-3-5-14/h1-5,10-11H,6-9,12H2,(H,18,21)(H,22,23). The third kappa shape index (κ3) is 3.59. The van der Waals surface area contributed by atoms with E-state index in [0.717, 1.165) is 11.3 Å². The Hall–Kier alpha value is -2.63. The lowest BCUT2D eigenvalue weighted by Gasteiger charge is -2.10. The zero-order chi connectivity index (χ0) is 16.3. The van der Waals surface area contributed by atoms with Crippen LogP contribution in [0.5, 0.6) is 0 Å². The Kier molecular flexibility index (Phi) is 4.14. The molecule has 2 N–H and O–H groups in total. The fraction of sp³-hybridized carbons (Fsp3) is 0.353. The first kappa shape index (κ1) is 15.3. The first-order valence-electron chi connectivity index (χ1n) is 7.68. The van der Waals surface area contributed by atoms with Crippen LogP contribution in [-0.2, 0) is 16.0 Å². The van der Waals surface area contributed by atoms with Crippen molar-refractivity contribution in [2.75, 3.05) is 6.54 Å². The molecule has 23 heavy (non-hydrogen) atoms. The van der Waals surface area contributed by atoms with E-state index < -0.39 is 11.4 Å². The molecule has 1 aromatic heterocycles. The number of amides is 1. The number of hydrogen-bond donors (Lipinski definition) is 2. The first-order chi connectivity index (χ1) is 11.1. The lowest BCUT2D eigenvalue weighted by molar-refractivity contribution is -0.143. The summed E-state index contributed by atoms with van der Waals surface area (Å²) in [4.78, 5) is 22.9. The van der Waals surface area contributed by atoms with Gasteiger partial charge in [0.25, 0.3) is 0 Å². The molecule has 1 aromatic carbocycles. The van der Waals surface area contributed by atoms with Gasteiger partial charge in [0.2, 0.25) is 5.91 Å². The van der Waals surface area contributed by atoms with E-state index >= 15 is 0 Å². The quantitative estimate of drug-likeness (QED) is 0.816. The van der Waals surface area contributed by atoms with E-state index in [-0.39, 0.29) is 12.5 Å². The van der Waals surface area contributed by atoms with Crippen molar-refractivity contribution in [2.45, 2.75) is 25.7 Å². The Morgan fingerprint density at radius 3 is 2.65 bits per heavy atom. The average molecular weight is 313 g/mol. The van der Waals surface area contributed by atoms with E-state index in [0.29, 0.717) is 25.7 Å². The van der Waals surface area contributed by atoms with Crippen LogP contribution in [0.3, 0.4) is 0 Å². The second kappa shape index (κ2) is 6.24. The zero-order valence-electron chi connectivity index (χ0n) is 12.7. The molecule has 0 unspecified atom stereocenters. The van der Waals surface area contributed by atoms with Gasteiger partial charge < -0.3 is 10.4 Å². The average Bonchev–Trinajstić information content (AvgIpc) is 3.22. The Labute approximate surface area is 134 Å². The molecule has 1 heterocycles. The fourth-order valence-electron chi connectivity index (χ4n) is 2.44. The van der Waals surface area contributed by atoms with Crippen molar-refractivity contribution in [3.8, 4) is 5.69 Å². The van der Waals surface area contributed by atoms with Crippen molar-refractivity contribution in [2.24, 2.45) is 5.41 Å². The molecule has 1 saturated carbocycles. The van der Waals surface area contributed by atoms with Gasteiger partial charge in [0.05, 0.1) is 17.3 Å². The number of carbonyl (C=O) groups excluding carboxylic acids is 1. The Bertz CT molecular complexity index is 705. The maximum absolute atomic E-state index is 11.9. The molecule has 1 aliphatic carbocycles. The van der Waals surface area contributed by atoms with Crippen LogP contribution < -0.4 is 5.32 Å². The molecule has 0 aliphatic heterocycles. The second-order valence-corrected chi connectivity index (χ2v) is 5.99. The van der Waals surface area contributed by atoms with Gasteiger partial charge in [0.1, 0.15) is 0 Å². The van der Waals surface area contributed by atoms with Gasteiger partial charge in [-0.2, -0.15) is 5.10 Å². The van der Waals surface area contributed by atoms with Gasteiger partial charge in [-0.1, -0.05) is 18.2 Å². The summed E-state index contributed by atoms with van der Waals surface area (Å²) in [6.07, 6.45) is 5.86. The summed E-state index contributed by atoms with van der Waals surface area (Å²) in [7, 11) is 0. The molecule has 3 rings (SSSR count). The van der Waals surface area contributed by atoms with Crippen LogP contribution in [0.1, 0.15) is 24.8 Å². The first-order valence-corrected chi connectivity index (χ1v) is 7.68. The minimum Gasteiger partial charge on any atom is -0.481 e. The highest BCUT2D eigenvalue weighted by molar-refractivity contribution is 5.81. The summed E-state index contributed by atoms with van der Waals surface area (Å²) in [5.74, 6) is -0.938. The number of aryl methyl sites for hydroxylation is 1. The van der Waals surface area contributed by atoms with Crippen LogP contribution >= 0.6 is 0 Å². The summed E-state index contributed by atoms with van der Waals surface area (Å²) >= 11 is 0. The number of aliphatic carboxylic acids is 1. The van der Waals surface area contributed by atoms with Gasteiger partial charge in [-0.05, 0) is 37.0 Å². The fourth-order valence-corrected chi connectivity index (χ4v) is 2.44. The number of rotatable bonds is 7. The molecule has 6 heteroatoms. The summed E-state index contributed by atoms with van der Waals surface area (Å²) < 4.78 is 1.77. The van der Waals surface area contributed by atoms with Gasteiger partial charge >= 0.3 is 5.97 Å². The summed E-state index contributed by atoms with van der Waals surface area (Å²) in [6.45, 7) is 0.227. The predicted molar refractivity (Wildman–Crippen MR) is 84.2 cm³/mol. The summed E-state index contributed by atoms with van der Waals surface area (Å²) in [5, 5.41) is 16.1. The third-order valence-corrected chi connectivity index (χ3v) is 4.23. The Balaban J connectivity index is 1.48. The molecule has 1 amide bonds. The van der Waals surface area contributed by atoms with Gasteiger partial charge in [-0.15, -0.1) is 0 Å². The summed E-state index contributed by atoms with van der Waals surface area (Å²) in [5.41, 5.74) is 1.23. The molecule has 1 aliphatic rings. The SMILES string of the molecule is O=C(CCc1cnn(-c2ccccc2)c1)NCC1(C(=O)O)CC1. The van der Waals surface area contributed by atoms with Crippen molar-refractivity contribution >= 4 is 11.9 Å². The number of aromatic nitrogens is 2. The lowest BCUT2D eigenvalue weighted by Crippen LogP contribution is -2.34. The number of nitrogens with one attached hydrogen (secondary N) is 1. The van der Waals surface area contributed by atoms with Gasteiger partial charge in [0, 0.05) is 19.2 Å². The molecule has 0 bridgehead atoms. The number of benzene rings is 1. The minimum atomic E-state index is -0.818. The van der Waals surface area contributed by atoms with Crippen LogP contribution in [0.4, 0.5) is 0 Å². The highest BCUT2D eigenvalue weighted by atomic mass is 16.4. The van der Waals surface area contributed by atoms with Crippen LogP contribution in [0.25, 0.3) is 5.69 Å². The van der Waals surface area contributed by atoms with E-state index in [1.165, 1.54) is 0 Å². The molecule has 0 spiro atoms. The highest BCUT2D eigenvalue weighted by Crippen LogP contribution is 2.45. The third-order valence-electron chi connectivity index (χ3n) is 4.23. The molecule has 0 atom stereocenters. The number of carbonyl (C=O) groups is 2. The van der Waals surface area contributed by atoms with E-state index in [2.05, 4.69) is 10.4 Å². The van der Waals surface area contributed by atoms with Crippen LogP contribution in [0.2, 0.25) is 0 Å². The molecular weight excluding hydrogens is 294 g/mol. The molecule has 1 fully saturated rings. The van der Waals surface area contributed by atoms with Crippen molar-refractivity contribution in [3.63, 3.8) is 0 Å². The monoisotopic (exact) mass is 313 g/mol. The van der Waals surface area contributed by atoms with E-state index in [9.17, 15) is 9.59 Å². The van der Waals surface area contributed by atoms with Gasteiger partial charge in [-0.3, -0.25) is 9.59 Å². The molecule has 0 radical (unpaired) electrons. The maximum Gasteiger partial charge on any atom is 0.311 e. The van der Waals surface area contributed by atoms with Crippen LogP contribution in [0, 0.1) is 5.41 Å². The topological polar surface area (TPSA) is 84.2 Å². The smallest absolute Gasteiger partial charge is 0.311 e. The zero-order valence-corrected chi connectivity index (χ0v) is 12.7. The predicted octanol–water partition coefficient (Wildman–Crippen LogP) is 1.79. The number of para-hydroxylation sites is 1. The number of carboxylic acid groups (broad SMARTS) is 1. The van der Waals surface area contributed by atoms with Crippen molar-refractivity contribution < 1.29 is 14.7 Å². The Morgan fingerprint density at radius 2 is 2.00 bits per heavy atom.